The van der Waals surface area contributed by atoms with Crippen LogP contribution in [-0.4, -0.2) is 92.5 Å². The summed E-state index contributed by atoms with van der Waals surface area (Å²) < 4.78 is 21.5. The number of fused-ring (bicyclic) bond motifs is 5. The number of nitrogens with zero attached hydrogens (tertiary/aromatic N) is 3. The van der Waals surface area contributed by atoms with Crippen LogP contribution in [0.25, 0.3) is 22.5 Å². The SMILES string of the molecule is NC(=O)CCOCCOCCOCCOCCNC(=O)CCC(=O)N1Cc2ccccc2-c2n[nH]nc2-c2ccccc21. The highest BCUT2D eigenvalue weighted by Crippen LogP contribution is 2.39. The molecule has 4 rings (SSSR count). The lowest BCUT2D eigenvalue weighted by Crippen LogP contribution is -2.33. The van der Waals surface area contributed by atoms with Gasteiger partial charge in [0.05, 0.1) is 65.1 Å². The van der Waals surface area contributed by atoms with Crippen molar-refractivity contribution in [2.45, 2.75) is 25.8 Å². The molecule has 0 atom stereocenters. The number of ether oxygens (including phenoxy) is 4. The van der Waals surface area contributed by atoms with Crippen LogP contribution in [-0.2, 0) is 39.9 Å². The quantitative estimate of drug-likeness (QED) is 0.186. The van der Waals surface area contributed by atoms with E-state index >= 15 is 0 Å². The zero-order valence-corrected chi connectivity index (χ0v) is 24.1. The average molecular weight is 595 g/mol. The molecule has 0 bridgehead atoms. The Hall–Kier alpha value is -4.17. The molecule has 3 amide bonds. The number of hydrogen-bond donors (Lipinski definition) is 3. The molecule has 2 aromatic carbocycles. The summed E-state index contributed by atoms with van der Waals surface area (Å²) in [7, 11) is 0. The minimum atomic E-state index is -0.392. The Balaban J connectivity index is 1.12. The van der Waals surface area contributed by atoms with Gasteiger partial charge in [-0.2, -0.15) is 15.4 Å². The van der Waals surface area contributed by atoms with Crippen molar-refractivity contribution in [1.29, 1.82) is 0 Å². The van der Waals surface area contributed by atoms with Gasteiger partial charge in [0.1, 0.15) is 11.4 Å². The molecule has 0 saturated heterocycles. The van der Waals surface area contributed by atoms with Gasteiger partial charge in [0, 0.05) is 36.9 Å². The summed E-state index contributed by atoms with van der Waals surface area (Å²) in [4.78, 5) is 38.2. The average Bonchev–Trinajstić information content (AvgIpc) is 3.49. The number of carbonyl (C=O) groups is 3. The van der Waals surface area contributed by atoms with E-state index < -0.39 is 5.91 Å². The van der Waals surface area contributed by atoms with E-state index in [1.54, 1.807) is 4.90 Å². The van der Waals surface area contributed by atoms with E-state index in [4.69, 9.17) is 24.7 Å². The van der Waals surface area contributed by atoms with Gasteiger partial charge >= 0.3 is 0 Å². The second-order valence-corrected chi connectivity index (χ2v) is 9.69. The maximum Gasteiger partial charge on any atom is 0.227 e. The normalized spacial score (nSPS) is 12.0. The van der Waals surface area contributed by atoms with E-state index in [0.717, 1.165) is 28.1 Å². The molecule has 1 aliphatic rings. The summed E-state index contributed by atoms with van der Waals surface area (Å²) in [6.07, 6.45) is 0.321. The van der Waals surface area contributed by atoms with Crippen molar-refractivity contribution in [2.24, 2.45) is 5.73 Å². The second kappa shape index (κ2) is 17.1. The Bertz CT molecular complexity index is 1350. The maximum atomic E-state index is 13.4. The number of nitrogens with one attached hydrogen (secondary N) is 2. The molecule has 2 heterocycles. The monoisotopic (exact) mass is 594 g/mol. The molecule has 0 fully saturated rings. The molecule has 0 radical (unpaired) electrons. The first-order chi connectivity index (χ1) is 21.0. The fourth-order valence-corrected chi connectivity index (χ4v) is 4.52. The van der Waals surface area contributed by atoms with Crippen molar-refractivity contribution >= 4 is 23.4 Å². The Labute approximate surface area is 250 Å². The molecule has 230 valence electrons. The number of carbonyl (C=O) groups excluding carboxylic acids is 3. The predicted molar refractivity (Wildman–Crippen MR) is 158 cm³/mol. The lowest BCUT2D eigenvalue weighted by atomic mass is 9.95. The molecule has 3 aromatic rings. The number of amides is 3. The summed E-state index contributed by atoms with van der Waals surface area (Å²) >= 11 is 0. The predicted octanol–water partition coefficient (Wildman–Crippen LogP) is 1.82. The number of hydrogen-bond acceptors (Lipinski definition) is 9. The van der Waals surface area contributed by atoms with E-state index in [0.29, 0.717) is 71.6 Å². The zero-order valence-electron chi connectivity index (χ0n) is 24.1. The second-order valence-electron chi connectivity index (χ2n) is 9.69. The number of aromatic nitrogens is 3. The van der Waals surface area contributed by atoms with Crippen molar-refractivity contribution in [2.75, 3.05) is 64.3 Å². The zero-order chi connectivity index (χ0) is 30.3. The summed E-state index contributed by atoms with van der Waals surface area (Å²) in [6, 6.07) is 15.4. The Morgan fingerprint density at radius 3 is 2.02 bits per heavy atom. The Morgan fingerprint density at radius 1 is 0.744 bits per heavy atom. The van der Waals surface area contributed by atoms with E-state index in [1.807, 2.05) is 48.5 Å². The van der Waals surface area contributed by atoms with Crippen LogP contribution in [0.15, 0.2) is 48.5 Å². The molecule has 13 heteroatoms. The van der Waals surface area contributed by atoms with Crippen molar-refractivity contribution in [3.63, 3.8) is 0 Å². The van der Waals surface area contributed by atoms with Gasteiger partial charge in [0.15, 0.2) is 0 Å². The molecule has 13 nitrogen and oxygen atoms in total. The van der Waals surface area contributed by atoms with Crippen LogP contribution in [0.1, 0.15) is 24.8 Å². The molecule has 4 N–H and O–H groups in total. The minimum absolute atomic E-state index is 0.0598. The van der Waals surface area contributed by atoms with Gasteiger partial charge in [-0.25, -0.2) is 0 Å². The minimum Gasteiger partial charge on any atom is -0.379 e. The topological polar surface area (TPSA) is 171 Å². The van der Waals surface area contributed by atoms with E-state index in [2.05, 4.69) is 20.7 Å². The molecule has 0 aliphatic carbocycles. The highest BCUT2D eigenvalue weighted by Gasteiger charge is 2.27. The third kappa shape index (κ3) is 9.68. The number of para-hydroxylation sites is 1. The first-order valence-corrected chi connectivity index (χ1v) is 14.3. The number of benzene rings is 2. The molecule has 0 spiro atoms. The van der Waals surface area contributed by atoms with Gasteiger partial charge in [-0.15, -0.1) is 0 Å². The van der Waals surface area contributed by atoms with Crippen molar-refractivity contribution in [1.82, 2.24) is 20.7 Å². The Morgan fingerprint density at radius 2 is 1.33 bits per heavy atom. The summed E-state index contributed by atoms with van der Waals surface area (Å²) in [6.45, 7) is 3.74. The van der Waals surface area contributed by atoms with Crippen LogP contribution in [0.5, 0.6) is 0 Å². The molecule has 1 aromatic heterocycles. The molecular weight excluding hydrogens is 556 g/mol. The lowest BCUT2D eigenvalue weighted by Gasteiger charge is -2.28. The van der Waals surface area contributed by atoms with Crippen molar-refractivity contribution in [3.8, 4) is 22.5 Å². The van der Waals surface area contributed by atoms with Gasteiger partial charge in [-0.3, -0.25) is 14.4 Å². The van der Waals surface area contributed by atoms with Gasteiger partial charge in [-0.1, -0.05) is 42.5 Å². The largest absolute Gasteiger partial charge is 0.379 e. The molecule has 0 saturated carbocycles. The summed E-state index contributed by atoms with van der Waals surface area (Å²) in [5, 5.41) is 14.3. The number of H-pyrrole nitrogens is 1. The van der Waals surface area contributed by atoms with Crippen LogP contribution in [0, 0.1) is 0 Å². The van der Waals surface area contributed by atoms with Gasteiger partial charge in [-0.05, 0) is 11.6 Å². The number of anilines is 1. The highest BCUT2D eigenvalue weighted by molar-refractivity contribution is 6.01. The van der Waals surface area contributed by atoms with Crippen LogP contribution >= 0.6 is 0 Å². The van der Waals surface area contributed by atoms with Crippen LogP contribution in [0.4, 0.5) is 5.69 Å². The number of aromatic amines is 1. The Kier molecular flexibility index (Phi) is 12.6. The molecular formula is C30H38N6O7. The first kappa shape index (κ1) is 31.8. The van der Waals surface area contributed by atoms with E-state index in [1.165, 1.54) is 0 Å². The first-order valence-electron chi connectivity index (χ1n) is 14.3. The molecule has 1 aliphatic heterocycles. The summed E-state index contributed by atoms with van der Waals surface area (Å²) in [5.74, 6) is -0.766. The van der Waals surface area contributed by atoms with E-state index in [9.17, 15) is 14.4 Å². The highest BCUT2D eigenvalue weighted by atomic mass is 16.6. The summed E-state index contributed by atoms with van der Waals surface area (Å²) in [5.41, 5.74) is 9.84. The van der Waals surface area contributed by atoms with Crippen LogP contribution in [0.2, 0.25) is 0 Å². The fraction of sp³-hybridized carbons (Fsp3) is 0.433. The third-order valence-corrected chi connectivity index (χ3v) is 6.64. The maximum absolute atomic E-state index is 13.4. The number of primary amides is 1. The van der Waals surface area contributed by atoms with Crippen molar-refractivity contribution in [3.05, 3.63) is 54.1 Å². The molecule has 0 unspecified atom stereocenters. The van der Waals surface area contributed by atoms with Gasteiger partial charge < -0.3 is 34.9 Å². The van der Waals surface area contributed by atoms with Gasteiger partial charge in [0.25, 0.3) is 0 Å². The van der Waals surface area contributed by atoms with E-state index in [-0.39, 0.29) is 31.1 Å². The fourth-order valence-electron chi connectivity index (χ4n) is 4.52. The third-order valence-electron chi connectivity index (χ3n) is 6.64. The number of rotatable bonds is 18. The standard InChI is InChI=1S/C30H38N6O7/c31-26(37)11-13-40-15-17-42-19-20-43-18-16-41-14-12-32-27(38)9-10-28(39)36-21-22-5-1-2-6-23(22)29-30(34-35-33-29)24-7-3-4-8-25(24)36/h1-8H,9-21H2,(H2,31,37)(H,32,38)(H,33,34,35). The van der Waals surface area contributed by atoms with Crippen LogP contribution < -0.4 is 16.0 Å². The van der Waals surface area contributed by atoms with Crippen molar-refractivity contribution < 1.29 is 33.3 Å². The number of nitrogens with two attached hydrogens (primary N) is 1. The molecule has 43 heavy (non-hydrogen) atoms. The van der Waals surface area contributed by atoms with Crippen LogP contribution in [0.3, 0.4) is 0 Å². The van der Waals surface area contributed by atoms with Gasteiger partial charge in [0.2, 0.25) is 17.7 Å². The lowest BCUT2D eigenvalue weighted by molar-refractivity contribution is -0.125. The smallest absolute Gasteiger partial charge is 0.227 e.